The van der Waals surface area contributed by atoms with E-state index in [1.165, 1.54) is 24.3 Å². The highest BCUT2D eigenvalue weighted by atomic mass is 32.2. The van der Waals surface area contributed by atoms with Crippen LogP contribution in [-0.2, 0) is 32.5 Å². The molecule has 0 saturated carbocycles. The van der Waals surface area contributed by atoms with Gasteiger partial charge in [-0.1, -0.05) is 18.2 Å². The largest absolute Gasteiger partial charge is 0.417 e. The topological polar surface area (TPSA) is 96.1 Å². The van der Waals surface area contributed by atoms with Crippen molar-refractivity contribution >= 4 is 19.9 Å². The number of H-pyrrole nitrogens is 1. The zero-order chi connectivity index (χ0) is 22.0. The minimum absolute atomic E-state index is 0.159. The smallest absolute Gasteiger partial charge is 0.365 e. The van der Waals surface area contributed by atoms with Gasteiger partial charge in [-0.2, -0.15) is 13.2 Å². The van der Waals surface area contributed by atoms with Crippen molar-refractivity contribution in [2.24, 2.45) is 0 Å². The van der Waals surface area contributed by atoms with Crippen LogP contribution in [0.3, 0.4) is 0 Å². The highest BCUT2D eigenvalue weighted by molar-refractivity contribution is 7.91. The molecule has 30 heavy (non-hydrogen) atoms. The predicted molar refractivity (Wildman–Crippen MR) is 103 cm³/mol. The molecule has 160 valence electrons. The maximum absolute atomic E-state index is 13.4. The molecule has 11 heteroatoms. The molecule has 0 aliphatic rings. The Hall–Kier alpha value is -2.63. The average Bonchev–Trinajstić information content (AvgIpc) is 3.21. The van der Waals surface area contributed by atoms with E-state index in [0.717, 1.165) is 6.07 Å². The zero-order valence-electron chi connectivity index (χ0n) is 15.3. The van der Waals surface area contributed by atoms with Crippen molar-refractivity contribution < 1.29 is 30.0 Å². The fourth-order valence-electron chi connectivity index (χ4n) is 2.78. The Morgan fingerprint density at radius 1 is 0.867 bits per heavy atom. The molecule has 1 aromatic heterocycles. The van der Waals surface area contributed by atoms with E-state index in [2.05, 4.69) is 9.71 Å². The third-order valence-corrected chi connectivity index (χ3v) is 7.53. The second kappa shape index (κ2) is 8.25. The Labute approximate surface area is 171 Å². The van der Waals surface area contributed by atoms with E-state index in [-0.39, 0.29) is 17.9 Å². The number of sulfone groups is 1. The normalized spacial score (nSPS) is 12.8. The van der Waals surface area contributed by atoms with Crippen LogP contribution < -0.4 is 4.72 Å². The number of halogens is 3. The average molecular weight is 458 g/mol. The molecule has 0 amide bonds. The fraction of sp³-hybridized carbons (Fsp3) is 0.158. The van der Waals surface area contributed by atoms with Crippen LogP contribution >= 0.6 is 0 Å². The molecule has 0 spiro atoms. The number of nitrogens with one attached hydrogen (secondary N) is 2. The van der Waals surface area contributed by atoms with Crippen molar-refractivity contribution in [3.05, 3.63) is 78.1 Å². The summed E-state index contributed by atoms with van der Waals surface area (Å²) in [6, 6.07) is 12.2. The quantitative estimate of drug-likeness (QED) is 0.567. The van der Waals surface area contributed by atoms with Crippen LogP contribution in [0.1, 0.15) is 11.3 Å². The molecule has 0 aliphatic carbocycles. The van der Waals surface area contributed by atoms with E-state index in [1.807, 2.05) is 0 Å². The van der Waals surface area contributed by atoms with Gasteiger partial charge in [0.05, 0.1) is 20.2 Å². The summed E-state index contributed by atoms with van der Waals surface area (Å²) in [5.41, 5.74) is -0.754. The lowest BCUT2D eigenvalue weighted by Crippen LogP contribution is -2.28. The lowest BCUT2D eigenvalue weighted by molar-refractivity contribution is -0.139. The number of benzene rings is 2. The van der Waals surface area contributed by atoms with Gasteiger partial charge < -0.3 is 4.98 Å². The summed E-state index contributed by atoms with van der Waals surface area (Å²) in [7, 11) is -8.85. The molecule has 0 radical (unpaired) electrons. The Balaban J connectivity index is 2.01. The van der Waals surface area contributed by atoms with Crippen LogP contribution in [0.15, 0.2) is 81.5 Å². The molecule has 0 bridgehead atoms. The third-order valence-electron chi connectivity index (χ3n) is 4.26. The summed E-state index contributed by atoms with van der Waals surface area (Å²) in [5, 5.41) is 0. The first kappa shape index (κ1) is 22.1. The van der Waals surface area contributed by atoms with Gasteiger partial charge in [0.1, 0.15) is 0 Å². The van der Waals surface area contributed by atoms with Crippen LogP contribution in [0, 0.1) is 0 Å². The molecule has 3 aromatic rings. The number of alkyl halides is 3. The summed E-state index contributed by atoms with van der Waals surface area (Å²) in [5.74, 6) is 0. The number of aromatic amines is 1. The molecule has 0 fully saturated rings. The molecule has 2 aromatic carbocycles. The maximum Gasteiger partial charge on any atom is 0.417 e. The van der Waals surface area contributed by atoms with Gasteiger partial charge in [-0.05, 0) is 42.5 Å². The molecule has 0 unspecified atom stereocenters. The van der Waals surface area contributed by atoms with E-state index in [0.29, 0.717) is 17.8 Å². The number of rotatable bonds is 7. The summed E-state index contributed by atoms with van der Waals surface area (Å²) in [6.45, 7) is -0.171. The fourth-order valence-corrected chi connectivity index (χ4v) is 5.45. The second-order valence-electron chi connectivity index (χ2n) is 6.32. The van der Waals surface area contributed by atoms with Crippen molar-refractivity contribution in [1.82, 2.24) is 9.71 Å². The first-order valence-electron chi connectivity index (χ1n) is 8.65. The van der Waals surface area contributed by atoms with Gasteiger partial charge in [0.15, 0.2) is 0 Å². The number of hydrogen-bond acceptors (Lipinski definition) is 4. The molecule has 0 saturated heterocycles. The van der Waals surface area contributed by atoms with Gasteiger partial charge in [-0.15, -0.1) is 0 Å². The second-order valence-corrected chi connectivity index (χ2v) is 10.0. The maximum atomic E-state index is 13.4. The lowest BCUT2D eigenvalue weighted by atomic mass is 10.2. The van der Waals surface area contributed by atoms with Gasteiger partial charge >= 0.3 is 6.18 Å². The van der Waals surface area contributed by atoms with Crippen LogP contribution in [0.5, 0.6) is 0 Å². The molecule has 0 atom stereocenters. The highest BCUT2D eigenvalue weighted by Gasteiger charge is 2.38. The first-order valence-corrected chi connectivity index (χ1v) is 11.6. The highest BCUT2D eigenvalue weighted by Crippen LogP contribution is 2.36. The molecule has 3 rings (SSSR count). The molecule has 1 heterocycles. The summed E-state index contributed by atoms with van der Waals surface area (Å²) < 4.78 is 93.1. The van der Waals surface area contributed by atoms with Crippen molar-refractivity contribution in [2.45, 2.75) is 27.3 Å². The number of sulfonamides is 1. The Morgan fingerprint density at radius 3 is 2.17 bits per heavy atom. The summed E-state index contributed by atoms with van der Waals surface area (Å²) in [4.78, 5) is 1.00. The molecular weight excluding hydrogens is 441 g/mol. The SMILES string of the molecule is O=S(=O)(NCCc1ccc[nH]1)c1cc(S(=O)(=O)c2ccccc2)ccc1C(F)(F)F. The Bertz CT molecular complexity index is 1220. The monoisotopic (exact) mass is 458 g/mol. The molecule has 6 nitrogen and oxygen atoms in total. The van der Waals surface area contributed by atoms with Crippen LogP contribution in [-0.4, -0.2) is 28.4 Å². The predicted octanol–water partition coefficient (Wildman–Crippen LogP) is 3.39. The standard InChI is InChI=1S/C19H17F3N2O4S2/c20-19(21,22)17-9-8-16(29(25,26)15-6-2-1-3-7-15)13-18(17)30(27,28)24-12-10-14-5-4-11-23-14/h1-9,11,13,23-24H,10,12H2. The van der Waals surface area contributed by atoms with E-state index >= 15 is 0 Å². The molecule has 0 aliphatic heterocycles. The van der Waals surface area contributed by atoms with Gasteiger partial charge in [0.2, 0.25) is 19.9 Å². The lowest BCUT2D eigenvalue weighted by Gasteiger charge is -2.15. The minimum Gasteiger partial charge on any atom is -0.365 e. The molecular formula is C19H17F3N2O4S2. The van der Waals surface area contributed by atoms with Crippen LogP contribution in [0.2, 0.25) is 0 Å². The Morgan fingerprint density at radius 2 is 1.57 bits per heavy atom. The van der Waals surface area contributed by atoms with Gasteiger partial charge in [-0.25, -0.2) is 21.6 Å². The first-order chi connectivity index (χ1) is 14.0. The summed E-state index contributed by atoms with van der Waals surface area (Å²) in [6.07, 6.45) is -3.14. The van der Waals surface area contributed by atoms with E-state index < -0.39 is 41.4 Å². The van der Waals surface area contributed by atoms with E-state index in [4.69, 9.17) is 0 Å². The van der Waals surface area contributed by atoms with Gasteiger partial charge in [0, 0.05) is 24.9 Å². The number of hydrogen-bond donors (Lipinski definition) is 2. The van der Waals surface area contributed by atoms with Crippen molar-refractivity contribution in [3.8, 4) is 0 Å². The van der Waals surface area contributed by atoms with Crippen molar-refractivity contribution in [2.75, 3.05) is 6.54 Å². The number of aromatic nitrogens is 1. The third kappa shape index (κ3) is 4.74. The summed E-state index contributed by atoms with van der Waals surface area (Å²) >= 11 is 0. The van der Waals surface area contributed by atoms with Crippen LogP contribution in [0.25, 0.3) is 0 Å². The van der Waals surface area contributed by atoms with Crippen LogP contribution in [0.4, 0.5) is 13.2 Å². The molecule has 2 N–H and O–H groups in total. The van der Waals surface area contributed by atoms with Gasteiger partial charge in [-0.3, -0.25) is 0 Å². The van der Waals surface area contributed by atoms with Crippen molar-refractivity contribution in [1.29, 1.82) is 0 Å². The zero-order valence-corrected chi connectivity index (χ0v) is 17.0. The van der Waals surface area contributed by atoms with E-state index in [1.54, 1.807) is 24.4 Å². The van der Waals surface area contributed by atoms with E-state index in [9.17, 15) is 30.0 Å². The van der Waals surface area contributed by atoms with Crippen molar-refractivity contribution in [3.63, 3.8) is 0 Å². The Kier molecular flexibility index (Phi) is 6.06. The minimum atomic E-state index is -4.99. The van der Waals surface area contributed by atoms with Gasteiger partial charge in [0.25, 0.3) is 0 Å².